The molecule has 0 aliphatic heterocycles. The van der Waals surface area contributed by atoms with Crippen molar-refractivity contribution < 1.29 is 27.9 Å². The number of rotatable bonds is 7. The number of halogens is 4. The number of carboxylic acids is 1. The number of aliphatic carboxylic acids is 1. The molecule has 0 aliphatic carbocycles. The van der Waals surface area contributed by atoms with Crippen LogP contribution < -0.4 is 5.32 Å². The van der Waals surface area contributed by atoms with Gasteiger partial charge >= 0.3 is 12.1 Å². The number of alkyl halides is 3. The topological polar surface area (TPSA) is 66.4 Å². The highest BCUT2D eigenvalue weighted by atomic mass is 35.5. The highest BCUT2D eigenvalue weighted by Gasteiger charge is 2.30. The third-order valence-corrected chi connectivity index (χ3v) is 4.23. The molecule has 0 heterocycles. The highest BCUT2D eigenvalue weighted by Crippen LogP contribution is 2.29. The first kappa shape index (κ1) is 20.8. The minimum atomic E-state index is -4.44. The van der Waals surface area contributed by atoms with E-state index in [-0.39, 0.29) is 19.3 Å². The van der Waals surface area contributed by atoms with Crippen LogP contribution in [-0.2, 0) is 28.6 Å². The van der Waals surface area contributed by atoms with E-state index in [9.17, 15) is 22.8 Å². The first-order valence-electron chi connectivity index (χ1n) is 8.06. The van der Waals surface area contributed by atoms with E-state index < -0.39 is 29.7 Å². The van der Waals surface area contributed by atoms with Crippen LogP contribution in [0, 0.1) is 0 Å². The summed E-state index contributed by atoms with van der Waals surface area (Å²) in [7, 11) is 0. The average molecular weight is 400 g/mol. The number of hydrogen-bond acceptors (Lipinski definition) is 2. The van der Waals surface area contributed by atoms with E-state index >= 15 is 0 Å². The van der Waals surface area contributed by atoms with E-state index in [4.69, 9.17) is 16.7 Å². The molecule has 1 amide bonds. The van der Waals surface area contributed by atoms with Gasteiger partial charge in [-0.15, -0.1) is 0 Å². The Balaban J connectivity index is 2.05. The fourth-order valence-electron chi connectivity index (χ4n) is 2.59. The third kappa shape index (κ3) is 6.60. The van der Waals surface area contributed by atoms with E-state index in [1.807, 2.05) is 0 Å². The zero-order valence-electron chi connectivity index (χ0n) is 14.1. The second-order valence-corrected chi connectivity index (χ2v) is 6.44. The van der Waals surface area contributed by atoms with Gasteiger partial charge in [0.05, 0.1) is 18.4 Å². The van der Waals surface area contributed by atoms with Crippen molar-refractivity contribution >= 4 is 23.5 Å². The number of carbonyl (C=O) groups is 2. The minimum absolute atomic E-state index is 0.0250. The van der Waals surface area contributed by atoms with Crippen LogP contribution in [-0.4, -0.2) is 23.0 Å². The molecule has 2 aromatic rings. The first-order valence-corrected chi connectivity index (χ1v) is 8.43. The van der Waals surface area contributed by atoms with Gasteiger partial charge in [-0.1, -0.05) is 41.9 Å². The van der Waals surface area contributed by atoms with Crippen LogP contribution in [0.2, 0.25) is 5.02 Å². The summed E-state index contributed by atoms with van der Waals surface area (Å²) in [5.74, 6) is -1.54. The molecule has 0 fully saturated rings. The Bertz CT molecular complexity index is 807. The normalized spacial score (nSPS) is 12.4. The Morgan fingerprint density at radius 2 is 1.70 bits per heavy atom. The van der Waals surface area contributed by atoms with Gasteiger partial charge in [0, 0.05) is 11.1 Å². The van der Waals surface area contributed by atoms with Gasteiger partial charge in [-0.2, -0.15) is 13.2 Å². The SMILES string of the molecule is O=C(O)C[C@@H](Cc1ccc(C(F)(F)F)cc1)NC(=O)Cc1ccccc1Cl. The monoisotopic (exact) mass is 399 g/mol. The fraction of sp³-hybridized carbons (Fsp3) is 0.263. The molecule has 0 saturated carbocycles. The molecule has 2 N–H and O–H groups in total. The molecule has 0 radical (unpaired) electrons. The van der Waals surface area contributed by atoms with Gasteiger partial charge in [0.25, 0.3) is 0 Å². The Kier molecular flexibility index (Phi) is 6.85. The van der Waals surface area contributed by atoms with E-state index in [1.54, 1.807) is 24.3 Å². The largest absolute Gasteiger partial charge is 0.481 e. The predicted octanol–water partition coefficient (Wildman–Crippen LogP) is 4.10. The molecule has 27 heavy (non-hydrogen) atoms. The lowest BCUT2D eigenvalue weighted by atomic mass is 10.0. The van der Waals surface area contributed by atoms with Crippen LogP contribution in [0.15, 0.2) is 48.5 Å². The molecule has 2 aromatic carbocycles. The zero-order chi connectivity index (χ0) is 20.0. The van der Waals surface area contributed by atoms with Crippen LogP contribution in [0.25, 0.3) is 0 Å². The molecular formula is C19H17ClF3NO3. The van der Waals surface area contributed by atoms with E-state index in [1.165, 1.54) is 12.1 Å². The summed E-state index contributed by atoms with van der Waals surface area (Å²) in [6.07, 6.45) is -4.72. The summed E-state index contributed by atoms with van der Waals surface area (Å²) in [6.45, 7) is 0. The van der Waals surface area contributed by atoms with E-state index in [2.05, 4.69) is 5.32 Å². The number of amides is 1. The third-order valence-electron chi connectivity index (χ3n) is 3.86. The molecule has 0 aliphatic rings. The van der Waals surface area contributed by atoms with Crippen molar-refractivity contribution in [3.05, 3.63) is 70.2 Å². The van der Waals surface area contributed by atoms with Crippen molar-refractivity contribution in [3.63, 3.8) is 0 Å². The Morgan fingerprint density at radius 3 is 2.26 bits per heavy atom. The van der Waals surface area contributed by atoms with Crippen LogP contribution in [0.3, 0.4) is 0 Å². The van der Waals surface area contributed by atoms with Gasteiger partial charge in [-0.05, 0) is 35.7 Å². The van der Waals surface area contributed by atoms with E-state index in [0.29, 0.717) is 16.1 Å². The van der Waals surface area contributed by atoms with Gasteiger partial charge in [0.1, 0.15) is 0 Å². The molecule has 0 aromatic heterocycles. The molecule has 1 atom stereocenters. The Hall–Kier alpha value is -2.54. The lowest BCUT2D eigenvalue weighted by Gasteiger charge is -2.18. The smallest absolute Gasteiger partial charge is 0.416 e. The molecule has 2 rings (SSSR count). The van der Waals surface area contributed by atoms with Gasteiger partial charge in [-0.25, -0.2) is 0 Å². The maximum atomic E-state index is 12.6. The first-order chi connectivity index (χ1) is 12.6. The maximum Gasteiger partial charge on any atom is 0.416 e. The number of benzene rings is 2. The highest BCUT2D eigenvalue weighted by molar-refractivity contribution is 6.31. The number of carboxylic acid groups (broad SMARTS) is 1. The van der Waals surface area contributed by atoms with Crippen LogP contribution >= 0.6 is 11.6 Å². The zero-order valence-corrected chi connectivity index (χ0v) is 14.8. The standard InChI is InChI=1S/C19H17ClF3NO3/c20-16-4-2-1-3-13(16)10-17(25)24-15(11-18(26)27)9-12-5-7-14(8-6-12)19(21,22)23/h1-8,15H,9-11H2,(H,24,25)(H,26,27)/t15-/m1/s1. The van der Waals surface area contributed by atoms with Crippen molar-refractivity contribution in [1.29, 1.82) is 0 Å². The summed E-state index contributed by atoms with van der Waals surface area (Å²) in [5, 5.41) is 12.1. The van der Waals surface area contributed by atoms with Crippen molar-refractivity contribution in [2.45, 2.75) is 31.5 Å². The molecule has 0 unspecified atom stereocenters. The van der Waals surface area contributed by atoms with Gasteiger partial charge in [0.15, 0.2) is 0 Å². The van der Waals surface area contributed by atoms with Crippen LogP contribution in [0.1, 0.15) is 23.1 Å². The second-order valence-electron chi connectivity index (χ2n) is 6.03. The van der Waals surface area contributed by atoms with Gasteiger partial charge in [0.2, 0.25) is 5.91 Å². The van der Waals surface area contributed by atoms with E-state index in [0.717, 1.165) is 12.1 Å². The van der Waals surface area contributed by atoms with Crippen molar-refractivity contribution in [2.24, 2.45) is 0 Å². The lowest BCUT2D eigenvalue weighted by molar-refractivity contribution is -0.138. The fourth-order valence-corrected chi connectivity index (χ4v) is 2.80. The van der Waals surface area contributed by atoms with Gasteiger partial charge in [-0.3, -0.25) is 9.59 Å². The lowest BCUT2D eigenvalue weighted by Crippen LogP contribution is -2.39. The molecule has 144 valence electrons. The maximum absolute atomic E-state index is 12.6. The minimum Gasteiger partial charge on any atom is -0.481 e. The summed E-state index contributed by atoms with van der Waals surface area (Å²) in [4.78, 5) is 23.3. The van der Waals surface area contributed by atoms with Gasteiger partial charge < -0.3 is 10.4 Å². The summed E-state index contributed by atoms with van der Waals surface area (Å²) < 4.78 is 37.9. The van der Waals surface area contributed by atoms with Crippen LogP contribution in [0.5, 0.6) is 0 Å². The van der Waals surface area contributed by atoms with Crippen molar-refractivity contribution in [3.8, 4) is 0 Å². The molecular weight excluding hydrogens is 383 g/mol. The number of nitrogens with one attached hydrogen (secondary N) is 1. The second kappa shape index (κ2) is 8.90. The number of hydrogen-bond donors (Lipinski definition) is 2. The quantitative estimate of drug-likeness (QED) is 0.736. The molecule has 8 heteroatoms. The molecule has 4 nitrogen and oxygen atoms in total. The van der Waals surface area contributed by atoms with Crippen molar-refractivity contribution in [1.82, 2.24) is 5.32 Å². The molecule has 0 saturated heterocycles. The predicted molar refractivity (Wildman–Crippen MR) is 94.5 cm³/mol. The van der Waals surface area contributed by atoms with Crippen molar-refractivity contribution in [2.75, 3.05) is 0 Å². The summed E-state index contributed by atoms with van der Waals surface area (Å²) >= 11 is 6.00. The average Bonchev–Trinajstić information content (AvgIpc) is 2.56. The molecule has 0 bridgehead atoms. The summed E-state index contributed by atoms with van der Waals surface area (Å²) in [6, 6.07) is 10.4. The molecule has 0 spiro atoms. The summed E-state index contributed by atoms with van der Waals surface area (Å²) in [5.41, 5.74) is 0.302. The number of carbonyl (C=O) groups excluding carboxylic acids is 1. The van der Waals surface area contributed by atoms with Crippen LogP contribution in [0.4, 0.5) is 13.2 Å². The Morgan fingerprint density at radius 1 is 1.07 bits per heavy atom. The Labute approximate surface area is 159 Å².